The fourth-order valence-corrected chi connectivity index (χ4v) is 1.13. The minimum Gasteiger partial charge on any atom is -0.481 e. The summed E-state index contributed by atoms with van der Waals surface area (Å²) in [6.07, 6.45) is 1.71. The lowest BCUT2D eigenvalue weighted by Crippen LogP contribution is -2.26. The van der Waals surface area contributed by atoms with E-state index in [4.69, 9.17) is 14.9 Å². The molecule has 0 aromatic carbocycles. The second kappa shape index (κ2) is 6.86. The summed E-state index contributed by atoms with van der Waals surface area (Å²) >= 11 is 0. The third-order valence-corrected chi connectivity index (χ3v) is 2.30. The quantitative estimate of drug-likeness (QED) is 0.541. The largest absolute Gasteiger partial charge is 0.481 e. The molecule has 16 heavy (non-hydrogen) atoms. The molecule has 0 aliphatic heterocycles. The summed E-state index contributed by atoms with van der Waals surface area (Å²) in [5, 5.41) is 8.52. The molecule has 0 rings (SSSR count). The zero-order valence-electron chi connectivity index (χ0n) is 10.9. The Hall–Kier alpha value is -0.610. The Balaban J connectivity index is 3.73. The highest BCUT2D eigenvalue weighted by atomic mass is 17.2. The molecule has 0 bridgehead atoms. The summed E-state index contributed by atoms with van der Waals surface area (Å²) in [4.78, 5) is 20.9. The average molecular weight is 232 g/mol. The van der Waals surface area contributed by atoms with E-state index >= 15 is 0 Å². The number of hydrogen-bond acceptors (Lipinski definition) is 3. The molecule has 4 nitrogen and oxygen atoms in total. The van der Waals surface area contributed by atoms with Crippen molar-refractivity contribution >= 4 is 5.97 Å². The van der Waals surface area contributed by atoms with Crippen LogP contribution in [0.3, 0.4) is 0 Å². The van der Waals surface area contributed by atoms with Gasteiger partial charge in [0.25, 0.3) is 0 Å². The van der Waals surface area contributed by atoms with Gasteiger partial charge in [-0.05, 0) is 46.5 Å². The minimum absolute atomic E-state index is 0.0204. The molecule has 4 heteroatoms. The van der Waals surface area contributed by atoms with Gasteiger partial charge in [0.2, 0.25) is 0 Å². The van der Waals surface area contributed by atoms with Crippen molar-refractivity contribution < 1.29 is 19.7 Å². The van der Waals surface area contributed by atoms with E-state index in [1.54, 1.807) is 0 Å². The van der Waals surface area contributed by atoms with Gasteiger partial charge in [-0.3, -0.25) is 4.79 Å². The molecule has 1 N–H and O–H groups in total. The Bertz CT molecular complexity index is 208. The van der Waals surface area contributed by atoms with E-state index in [0.717, 1.165) is 6.42 Å². The molecule has 0 aliphatic rings. The molecule has 0 spiro atoms. The molecule has 0 aromatic heterocycles. The molecule has 0 fully saturated rings. The second-order valence-electron chi connectivity index (χ2n) is 5.26. The van der Waals surface area contributed by atoms with Crippen LogP contribution in [0.15, 0.2) is 0 Å². The Morgan fingerprint density at radius 1 is 1.31 bits per heavy atom. The second-order valence-corrected chi connectivity index (χ2v) is 5.26. The smallest absolute Gasteiger partial charge is 0.303 e. The molecule has 0 heterocycles. The summed E-state index contributed by atoms with van der Waals surface area (Å²) in [5.41, 5.74) is -0.310. The minimum atomic E-state index is -0.744. The van der Waals surface area contributed by atoms with Gasteiger partial charge in [-0.1, -0.05) is 6.92 Å². The molecule has 2 unspecified atom stereocenters. The van der Waals surface area contributed by atoms with Crippen LogP contribution in [0.25, 0.3) is 0 Å². The van der Waals surface area contributed by atoms with Crippen LogP contribution in [-0.2, 0) is 14.6 Å². The van der Waals surface area contributed by atoms with E-state index in [0.29, 0.717) is 12.3 Å². The SMILES string of the molecule is CC(CCCC(=O)O)C(C)OOC(C)(C)C. The van der Waals surface area contributed by atoms with Gasteiger partial charge in [-0.2, -0.15) is 0 Å². The first-order valence-corrected chi connectivity index (χ1v) is 5.78. The lowest BCUT2D eigenvalue weighted by molar-refractivity contribution is -0.376. The summed E-state index contributed by atoms with van der Waals surface area (Å²) in [7, 11) is 0. The van der Waals surface area contributed by atoms with Crippen molar-refractivity contribution in [1.82, 2.24) is 0 Å². The Morgan fingerprint density at radius 3 is 2.31 bits per heavy atom. The zero-order chi connectivity index (χ0) is 12.8. The summed E-state index contributed by atoms with van der Waals surface area (Å²) in [6.45, 7) is 9.76. The van der Waals surface area contributed by atoms with Crippen LogP contribution in [0.4, 0.5) is 0 Å². The van der Waals surface area contributed by atoms with E-state index < -0.39 is 5.97 Å². The predicted octanol–water partition coefficient (Wildman–Crippen LogP) is 3.01. The monoisotopic (exact) mass is 232 g/mol. The van der Waals surface area contributed by atoms with Gasteiger partial charge in [0.15, 0.2) is 0 Å². The molecule has 0 aliphatic carbocycles. The van der Waals surface area contributed by atoms with E-state index in [9.17, 15) is 4.79 Å². The average Bonchev–Trinajstić information content (AvgIpc) is 2.12. The number of rotatable bonds is 7. The Kier molecular flexibility index (Phi) is 6.60. The van der Waals surface area contributed by atoms with Crippen molar-refractivity contribution in [2.45, 2.75) is 65.6 Å². The van der Waals surface area contributed by atoms with Crippen LogP contribution in [0.1, 0.15) is 53.9 Å². The van der Waals surface area contributed by atoms with Crippen LogP contribution in [0.5, 0.6) is 0 Å². The first-order valence-electron chi connectivity index (χ1n) is 5.78. The number of carboxylic acid groups (broad SMARTS) is 1. The van der Waals surface area contributed by atoms with Gasteiger partial charge < -0.3 is 5.11 Å². The molecular formula is C12H24O4. The zero-order valence-corrected chi connectivity index (χ0v) is 10.9. The fourth-order valence-electron chi connectivity index (χ4n) is 1.13. The Morgan fingerprint density at radius 2 is 1.88 bits per heavy atom. The maximum atomic E-state index is 10.4. The predicted molar refractivity (Wildman–Crippen MR) is 62.0 cm³/mol. The van der Waals surface area contributed by atoms with Crippen molar-refractivity contribution in [1.29, 1.82) is 0 Å². The first kappa shape index (κ1) is 15.4. The molecule has 0 saturated carbocycles. The van der Waals surface area contributed by atoms with Gasteiger partial charge in [-0.25, -0.2) is 9.78 Å². The summed E-state index contributed by atoms with van der Waals surface area (Å²) in [6, 6.07) is 0. The van der Waals surface area contributed by atoms with E-state index in [1.165, 1.54) is 0 Å². The van der Waals surface area contributed by atoms with Crippen molar-refractivity contribution in [3.05, 3.63) is 0 Å². The van der Waals surface area contributed by atoms with Gasteiger partial charge in [0, 0.05) is 6.42 Å². The maximum absolute atomic E-state index is 10.4. The Labute approximate surface area is 97.9 Å². The molecule has 0 radical (unpaired) electrons. The first-order chi connectivity index (χ1) is 7.22. The third-order valence-electron chi connectivity index (χ3n) is 2.30. The van der Waals surface area contributed by atoms with Crippen molar-refractivity contribution in [2.24, 2.45) is 5.92 Å². The van der Waals surface area contributed by atoms with Gasteiger partial charge in [-0.15, -0.1) is 0 Å². The maximum Gasteiger partial charge on any atom is 0.303 e. The number of carboxylic acids is 1. The highest BCUT2D eigenvalue weighted by Crippen LogP contribution is 2.18. The highest BCUT2D eigenvalue weighted by molar-refractivity contribution is 5.66. The highest BCUT2D eigenvalue weighted by Gasteiger charge is 2.18. The molecule has 0 aromatic rings. The molecule has 2 atom stereocenters. The van der Waals surface area contributed by atoms with E-state index in [1.807, 2.05) is 34.6 Å². The molecular weight excluding hydrogens is 208 g/mol. The topological polar surface area (TPSA) is 55.8 Å². The van der Waals surface area contributed by atoms with Crippen LogP contribution < -0.4 is 0 Å². The number of aliphatic carboxylic acids is 1. The molecule has 96 valence electrons. The van der Waals surface area contributed by atoms with Crippen molar-refractivity contribution in [3.63, 3.8) is 0 Å². The third kappa shape index (κ3) is 8.68. The number of hydrogen-bond donors (Lipinski definition) is 1. The van der Waals surface area contributed by atoms with Crippen LogP contribution >= 0.6 is 0 Å². The standard InChI is InChI=1S/C12H24O4/c1-9(7-6-8-11(13)14)10(2)15-16-12(3,4)5/h9-10H,6-8H2,1-5H3,(H,13,14). The van der Waals surface area contributed by atoms with Crippen molar-refractivity contribution in [3.8, 4) is 0 Å². The van der Waals surface area contributed by atoms with E-state index in [-0.39, 0.29) is 18.1 Å². The van der Waals surface area contributed by atoms with E-state index in [2.05, 4.69) is 0 Å². The molecule has 0 saturated heterocycles. The summed E-state index contributed by atoms with van der Waals surface area (Å²) < 4.78 is 0. The normalized spacial score (nSPS) is 15.8. The summed E-state index contributed by atoms with van der Waals surface area (Å²) in [5.74, 6) is -0.451. The van der Waals surface area contributed by atoms with Crippen LogP contribution in [0, 0.1) is 5.92 Å². The lowest BCUT2D eigenvalue weighted by atomic mass is 9.99. The van der Waals surface area contributed by atoms with Gasteiger partial charge in [0.1, 0.15) is 0 Å². The fraction of sp³-hybridized carbons (Fsp3) is 0.917. The van der Waals surface area contributed by atoms with Crippen molar-refractivity contribution in [2.75, 3.05) is 0 Å². The van der Waals surface area contributed by atoms with Gasteiger partial charge >= 0.3 is 5.97 Å². The lowest BCUT2D eigenvalue weighted by Gasteiger charge is -2.24. The van der Waals surface area contributed by atoms with Crippen LogP contribution in [0.2, 0.25) is 0 Å². The van der Waals surface area contributed by atoms with Gasteiger partial charge in [0.05, 0.1) is 11.7 Å². The van der Waals surface area contributed by atoms with Crippen LogP contribution in [-0.4, -0.2) is 22.8 Å². The molecule has 0 amide bonds. The number of carbonyl (C=O) groups is 1.